The number of β-amino-alcohol motifs (C(OH)–C–C–N with tert-alkyl or cyclic N) is 1. The quantitative estimate of drug-likeness (QED) is 0.710. The van der Waals surface area contributed by atoms with E-state index < -0.39 is 5.60 Å². The van der Waals surface area contributed by atoms with Crippen LogP contribution in [0.15, 0.2) is 67.0 Å². The van der Waals surface area contributed by atoms with Crippen LogP contribution in [0, 0.1) is 0 Å². The van der Waals surface area contributed by atoms with E-state index >= 15 is 0 Å². The number of pyridine rings is 1. The van der Waals surface area contributed by atoms with E-state index in [1.807, 2.05) is 36.4 Å². The van der Waals surface area contributed by atoms with E-state index in [1.54, 1.807) is 19.5 Å². The highest BCUT2D eigenvalue weighted by Gasteiger charge is 2.42. The number of aromatic nitrogens is 1. The van der Waals surface area contributed by atoms with Crippen molar-refractivity contribution >= 4 is 5.69 Å². The maximum absolute atomic E-state index is 12.2. The van der Waals surface area contributed by atoms with E-state index in [1.165, 1.54) is 5.56 Å². The van der Waals surface area contributed by atoms with E-state index in [-0.39, 0.29) is 5.41 Å². The number of ether oxygens (including phenoxy) is 1. The van der Waals surface area contributed by atoms with Crippen LogP contribution < -0.4 is 9.64 Å². The fraction of sp³-hybridized carbons (Fsp3) is 0.320. The van der Waals surface area contributed by atoms with Gasteiger partial charge in [-0.05, 0) is 46.4 Å². The first-order valence-corrected chi connectivity index (χ1v) is 9.97. The Balaban J connectivity index is 1.91. The molecule has 0 fully saturated rings. The first kappa shape index (κ1) is 19.5. The highest BCUT2D eigenvalue weighted by atomic mass is 16.5. The molecule has 4 rings (SSSR count). The van der Waals surface area contributed by atoms with Crippen LogP contribution in [0.1, 0.15) is 43.0 Å². The monoisotopic (exact) mass is 388 g/mol. The Kier molecular flexibility index (Phi) is 4.83. The molecule has 2 aromatic carbocycles. The van der Waals surface area contributed by atoms with Crippen LogP contribution in [0.25, 0.3) is 0 Å². The molecule has 1 aliphatic rings. The van der Waals surface area contributed by atoms with Crippen molar-refractivity contribution in [3.8, 4) is 5.75 Å². The zero-order chi connectivity index (χ0) is 20.6. The number of methoxy groups -OCH3 is 1. The molecule has 1 aromatic heterocycles. The molecule has 0 spiro atoms. The summed E-state index contributed by atoms with van der Waals surface area (Å²) in [5.41, 5.74) is 3.84. The van der Waals surface area contributed by atoms with Gasteiger partial charge in [-0.2, -0.15) is 0 Å². The van der Waals surface area contributed by atoms with Crippen LogP contribution in [-0.4, -0.2) is 23.7 Å². The molecule has 0 aliphatic carbocycles. The van der Waals surface area contributed by atoms with Crippen LogP contribution in [0.4, 0.5) is 5.69 Å². The van der Waals surface area contributed by atoms with Crippen LogP contribution >= 0.6 is 0 Å². The molecular weight excluding hydrogens is 360 g/mol. The summed E-state index contributed by atoms with van der Waals surface area (Å²) in [6, 6.07) is 18.3. The topological polar surface area (TPSA) is 45.6 Å². The summed E-state index contributed by atoms with van der Waals surface area (Å²) in [4.78, 5) is 6.34. The molecule has 0 amide bonds. The van der Waals surface area contributed by atoms with Gasteiger partial charge >= 0.3 is 0 Å². The molecule has 0 bridgehead atoms. The predicted octanol–water partition coefficient (Wildman–Crippen LogP) is 4.64. The number of rotatable bonds is 3. The summed E-state index contributed by atoms with van der Waals surface area (Å²) in [5, 5.41) is 12.2. The Morgan fingerprint density at radius 3 is 2.41 bits per heavy atom. The van der Waals surface area contributed by atoms with Crippen LogP contribution in [-0.2, 0) is 17.6 Å². The Labute approximate surface area is 172 Å². The second-order valence-corrected chi connectivity index (χ2v) is 8.74. The fourth-order valence-electron chi connectivity index (χ4n) is 4.15. The first-order chi connectivity index (χ1) is 13.8. The molecule has 3 aromatic rings. The second kappa shape index (κ2) is 7.20. The van der Waals surface area contributed by atoms with Crippen molar-refractivity contribution in [2.24, 2.45) is 0 Å². The van der Waals surface area contributed by atoms with Gasteiger partial charge in [-0.15, -0.1) is 0 Å². The standard InChI is InChI=1S/C25H28N2O2/c1-24(2,3)19-9-10-23(29-4)22(15-19)25(28)17-27(20-11-13-26-14-12-20)16-18-7-5-6-8-21(18)25/h5-15,28H,16-17H2,1-4H3. The predicted molar refractivity (Wildman–Crippen MR) is 116 cm³/mol. The van der Waals surface area contributed by atoms with Gasteiger partial charge in [0.25, 0.3) is 0 Å². The van der Waals surface area contributed by atoms with E-state index in [4.69, 9.17) is 4.74 Å². The third-order valence-corrected chi connectivity index (χ3v) is 5.78. The van der Waals surface area contributed by atoms with E-state index in [0.29, 0.717) is 12.3 Å². The lowest BCUT2D eigenvalue weighted by atomic mass is 9.77. The van der Waals surface area contributed by atoms with E-state index in [2.05, 4.69) is 48.9 Å². The van der Waals surface area contributed by atoms with Crippen LogP contribution in [0.3, 0.4) is 0 Å². The lowest BCUT2D eigenvalue weighted by Crippen LogP contribution is -2.47. The third kappa shape index (κ3) is 3.49. The van der Waals surface area contributed by atoms with Crippen molar-refractivity contribution in [2.45, 2.75) is 38.3 Å². The highest BCUT2D eigenvalue weighted by molar-refractivity contribution is 5.57. The molecule has 1 unspecified atom stereocenters. The smallest absolute Gasteiger partial charge is 0.136 e. The average Bonchev–Trinajstić information content (AvgIpc) is 2.73. The normalized spacial score (nSPS) is 19.0. The SMILES string of the molecule is COc1ccc(C(C)(C)C)cc1C1(O)CN(c2ccncc2)Cc2ccccc21. The molecule has 0 saturated carbocycles. The van der Waals surface area contributed by atoms with Gasteiger partial charge in [-0.3, -0.25) is 4.98 Å². The summed E-state index contributed by atoms with van der Waals surface area (Å²) in [6.07, 6.45) is 3.57. The van der Waals surface area contributed by atoms with E-state index in [9.17, 15) is 5.11 Å². The molecule has 0 radical (unpaired) electrons. The molecule has 0 saturated heterocycles. The van der Waals surface area contributed by atoms with Crippen molar-refractivity contribution in [1.29, 1.82) is 0 Å². The Bertz CT molecular complexity index is 1010. The third-order valence-electron chi connectivity index (χ3n) is 5.78. The number of hydrogen-bond acceptors (Lipinski definition) is 4. The Morgan fingerprint density at radius 2 is 1.72 bits per heavy atom. The first-order valence-electron chi connectivity index (χ1n) is 9.97. The fourth-order valence-corrected chi connectivity index (χ4v) is 4.15. The number of nitrogens with zero attached hydrogens (tertiary/aromatic N) is 2. The van der Waals surface area contributed by atoms with Gasteiger partial charge in [0.15, 0.2) is 0 Å². The second-order valence-electron chi connectivity index (χ2n) is 8.74. The van der Waals surface area contributed by atoms with Crippen LogP contribution in [0.5, 0.6) is 5.75 Å². The molecule has 1 atom stereocenters. The summed E-state index contributed by atoms with van der Waals surface area (Å²) in [7, 11) is 1.66. The lowest BCUT2D eigenvalue weighted by molar-refractivity contribution is 0.0776. The van der Waals surface area contributed by atoms with Gasteiger partial charge in [0.2, 0.25) is 0 Å². The number of fused-ring (bicyclic) bond motifs is 1. The van der Waals surface area contributed by atoms with Gasteiger partial charge in [0.1, 0.15) is 11.4 Å². The van der Waals surface area contributed by atoms with Gasteiger partial charge in [0.05, 0.1) is 13.7 Å². The van der Waals surface area contributed by atoms with Crippen molar-refractivity contribution in [2.75, 3.05) is 18.6 Å². The lowest BCUT2D eigenvalue weighted by Gasteiger charge is -2.43. The Morgan fingerprint density at radius 1 is 1.00 bits per heavy atom. The molecule has 2 heterocycles. The summed E-state index contributed by atoms with van der Waals surface area (Å²) in [5.74, 6) is 0.701. The molecule has 29 heavy (non-hydrogen) atoms. The molecule has 4 nitrogen and oxygen atoms in total. The number of aliphatic hydroxyl groups is 1. The number of benzene rings is 2. The van der Waals surface area contributed by atoms with Crippen molar-refractivity contribution < 1.29 is 9.84 Å². The Hall–Kier alpha value is -2.85. The minimum Gasteiger partial charge on any atom is -0.496 e. The summed E-state index contributed by atoms with van der Waals surface area (Å²) in [6.45, 7) is 7.73. The van der Waals surface area contributed by atoms with Crippen molar-refractivity contribution in [3.63, 3.8) is 0 Å². The van der Waals surface area contributed by atoms with Crippen LogP contribution in [0.2, 0.25) is 0 Å². The molecule has 4 heteroatoms. The van der Waals surface area contributed by atoms with Gasteiger partial charge in [-0.25, -0.2) is 0 Å². The summed E-state index contributed by atoms with van der Waals surface area (Å²) < 4.78 is 5.70. The minimum absolute atomic E-state index is 0.0314. The van der Waals surface area contributed by atoms with Crippen molar-refractivity contribution in [1.82, 2.24) is 4.98 Å². The zero-order valence-electron chi connectivity index (χ0n) is 17.5. The van der Waals surface area contributed by atoms with Gasteiger partial charge < -0.3 is 14.7 Å². The average molecular weight is 389 g/mol. The number of anilines is 1. The minimum atomic E-state index is -1.19. The van der Waals surface area contributed by atoms with Gasteiger partial charge in [0, 0.05) is 30.2 Å². The molecule has 150 valence electrons. The van der Waals surface area contributed by atoms with Gasteiger partial charge in [-0.1, -0.05) is 51.1 Å². The molecule has 1 N–H and O–H groups in total. The maximum atomic E-state index is 12.2. The summed E-state index contributed by atoms with van der Waals surface area (Å²) >= 11 is 0. The molecular formula is C25H28N2O2. The number of hydrogen-bond donors (Lipinski definition) is 1. The zero-order valence-corrected chi connectivity index (χ0v) is 17.5. The highest BCUT2D eigenvalue weighted by Crippen LogP contribution is 2.43. The largest absolute Gasteiger partial charge is 0.496 e. The maximum Gasteiger partial charge on any atom is 0.136 e. The molecule has 1 aliphatic heterocycles. The van der Waals surface area contributed by atoms with Crippen molar-refractivity contribution in [3.05, 3.63) is 89.2 Å². The van der Waals surface area contributed by atoms with E-state index in [0.717, 1.165) is 28.9 Å².